The normalized spacial score (nSPS) is 10.9. The van der Waals surface area contributed by atoms with Crippen molar-refractivity contribution < 1.29 is 32.2 Å². The molecular formula is C17H16F3NO4. The summed E-state index contributed by atoms with van der Waals surface area (Å²) >= 11 is 0. The Kier molecular flexibility index (Phi) is 5.74. The lowest BCUT2D eigenvalue weighted by molar-refractivity contribution is -0.139. The SMILES string of the molecule is COc1ccc(OC)c(NC(=O)COc2ccccc2C(F)(F)F)c1. The molecule has 0 fully saturated rings. The molecule has 8 heteroatoms. The molecule has 2 rings (SSSR count). The molecule has 1 N–H and O–H groups in total. The number of carbonyl (C=O) groups excluding carboxylic acids is 1. The van der Waals surface area contributed by atoms with Gasteiger partial charge in [0.2, 0.25) is 0 Å². The summed E-state index contributed by atoms with van der Waals surface area (Å²) < 4.78 is 53.9. The van der Waals surface area contributed by atoms with Crippen molar-refractivity contribution >= 4 is 11.6 Å². The fraction of sp³-hybridized carbons (Fsp3) is 0.235. The van der Waals surface area contributed by atoms with Crippen LogP contribution in [0.5, 0.6) is 17.2 Å². The molecule has 0 bridgehead atoms. The first-order valence-electron chi connectivity index (χ1n) is 7.16. The molecular weight excluding hydrogens is 339 g/mol. The minimum atomic E-state index is -4.57. The second kappa shape index (κ2) is 7.78. The highest BCUT2D eigenvalue weighted by Gasteiger charge is 2.34. The number of nitrogens with one attached hydrogen (secondary N) is 1. The number of halogens is 3. The second-order valence-corrected chi connectivity index (χ2v) is 4.90. The van der Waals surface area contributed by atoms with Gasteiger partial charge >= 0.3 is 6.18 Å². The van der Waals surface area contributed by atoms with Gasteiger partial charge in [0.05, 0.1) is 25.5 Å². The van der Waals surface area contributed by atoms with Gasteiger partial charge in [0, 0.05) is 6.07 Å². The number of carbonyl (C=O) groups is 1. The maximum Gasteiger partial charge on any atom is 0.419 e. The predicted octanol–water partition coefficient (Wildman–Crippen LogP) is 3.74. The van der Waals surface area contributed by atoms with Gasteiger partial charge in [0.25, 0.3) is 5.91 Å². The molecule has 0 radical (unpaired) electrons. The number of ether oxygens (including phenoxy) is 3. The van der Waals surface area contributed by atoms with Crippen molar-refractivity contribution in [2.75, 3.05) is 26.1 Å². The summed E-state index contributed by atoms with van der Waals surface area (Å²) in [5.41, 5.74) is -0.624. The van der Waals surface area contributed by atoms with Crippen molar-refractivity contribution in [3.63, 3.8) is 0 Å². The summed E-state index contributed by atoms with van der Waals surface area (Å²) in [7, 11) is 2.89. The van der Waals surface area contributed by atoms with Crippen LogP contribution in [0.1, 0.15) is 5.56 Å². The minimum Gasteiger partial charge on any atom is -0.497 e. The van der Waals surface area contributed by atoms with Crippen molar-refractivity contribution in [3.05, 3.63) is 48.0 Å². The third kappa shape index (κ3) is 4.79. The van der Waals surface area contributed by atoms with Gasteiger partial charge in [0.15, 0.2) is 6.61 Å². The van der Waals surface area contributed by atoms with E-state index in [0.717, 1.165) is 12.1 Å². The third-order valence-electron chi connectivity index (χ3n) is 3.23. The molecule has 25 heavy (non-hydrogen) atoms. The maximum absolute atomic E-state index is 12.9. The number of benzene rings is 2. The fourth-order valence-electron chi connectivity index (χ4n) is 2.07. The predicted molar refractivity (Wildman–Crippen MR) is 85.1 cm³/mol. The second-order valence-electron chi connectivity index (χ2n) is 4.90. The number of alkyl halides is 3. The summed E-state index contributed by atoms with van der Waals surface area (Å²) in [6.07, 6.45) is -4.57. The van der Waals surface area contributed by atoms with Crippen molar-refractivity contribution in [1.29, 1.82) is 0 Å². The van der Waals surface area contributed by atoms with E-state index in [1.807, 2.05) is 0 Å². The largest absolute Gasteiger partial charge is 0.497 e. The molecule has 134 valence electrons. The van der Waals surface area contributed by atoms with Gasteiger partial charge in [-0.15, -0.1) is 0 Å². The molecule has 0 aliphatic carbocycles. The first-order valence-corrected chi connectivity index (χ1v) is 7.16. The van der Waals surface area contributed by atoms with Gasteiger partial charge in [0.1, 0.15) is 17.2 Å². The van der Waals surface area contributed by atoms with Crippen molar-refractivity contribution in [2.45, 2.75) is 6.18 Å². The van der Waals surface area contributed by atoms with Crippen LogP contribution in [0.15, 0.2) is 42.5 Å². The Bertz CT molecular complexity index is 747. The van der Waals surface area contributed by atoms with Gasteiger partial charge in [-0.05, 0) is 24.3 Å². The zero-order valence-corrected chi connectivity index (χ0v) is 13.5. The standard InChI is InChI=1S/C17H16F3NO4/c1-23-11-7-8-15(24-2)13(9-11)21-16(22)10-25-14-6-4-3-5-12(14)17(18,19)20/h3-9H,10H2,1-2H3,(H,21,22). The van der Waals surface area contributed by atoms with Gasteiger partial charge in [-0.2, -0.15) is 13.2 Å². The summed E-state index contributed by atoms with van der Waals surface area (Å²) in [4.78, 5) is 12.0. The van der Waals surface area contributed by atoms with Crippen LogP contribution in [-0.2, 0) is 11.0 Å². The van der Waals surface area contributed by atoms with Crippen LogP contribution in [-0.4, -0.2) is 26.7 Å². The van der Waals surface area contributed by atoms with E-state index in [1.165, 1.54) is 32.4 Å². The third-order valence-corrected chi connectivity index (χ3v) is 3.23. The highest BCUT2D eigenvalue weighted by Crippen LogP contribution is 2.36. The van der Waals surface area contributed by atoms with E-state index in [2.05, 4.69) is 5.32 Å². The number of amides is 1. The Morgan fingerprint density at radius 1 is 1.04 bits per heavy atom. The zero-order valence-electron chi connectivity index (χ0n) is 13.5. The number of hydrogen-bond donors (Lipinski definition) is 1. The summed E-state index contributed by atoms with van der Waals surface area (Å²) in [6, 6.07) is 9.45. The van der Waals surface area contributed by atoms with E-state index in [1.54, 1.807) is 12.1 Å². The lowest BCUT2D eigenvalue weighted by Gasteiger charge is -2.14. The molecule has 2 aromatic carbocycles. The fourth-order valence-corrected chi connectivity index (χ4v) is 2.07. The Morgan fingerprint density at radius 2 is 1.76 bits per heavy atom. The highest BCUT2D eigenvalue weighted by molar-refractivity contribution is 5.93. The number of hydrogen-bond acceptors (Lipinski definition) is 4. The average molecular weight is 355 g/mol. The van der Waals surface area contributed by atoms with Gasteiger partial charge in [-0.1, -0.05) is 12.1 Å². The van der Waals surface area contributed by atoms with Crippen molar-refractivity contribution in [1.82, 2.24) is 0 Å². The molecule has 0 unspecified atom stereocenters. The molecule has 0 saturated heterocycles. The highest BCUT2D eigenvalue weighted by atomic mass is 19.4. The molecule has 0 atom stereocenters. The van der Waals surface area contributed by atoms with Crippen LogP contribution in [0.2, 0.25) is 0 Å². The summed E-state index contributed by atoms with van der Waals surface area (Å²) in [5.74, 6) is -0.185. The zero-order chi connectivity index (χ0) is 18.4. The van der Waals surface area contributed by atoms with Crippen LogP contribution in [0.25, 0.3) is 0 Å². The summed E-state index contributed by atoms with van der Waals surface area (Å²) in [5, 5.41) is 2.51. The number of rotatable bonds is 6. The van der Waals surface area contributed by atoms with Gasteiger partial charge < -0.3 is 19.5 Å². The van der Waals surface area contributed by atoms with Crippen LogP contribution in [0.4, 0.5) is 18.9 Å². The Morgan fingerprint density at radius 3 is 2.40 bits per heavy atom. The quantitative estimate of drug-likeness (QED) is 0.858. The van der Waals surface area contributed by atoms with Crippen molar-refractivity contribution in [3.8, 4) is 17.2 Å². The molecule has 1 amide bonds. The molecule has 0 saturated carbocycles. The topological polar surface area (TPSA) is 56.8 Å². The Balaban J connectivity index is 2.08. The van der Waals surface area contributed by atoms with E-state index >= 15 is 0 Å². The lowest BCUT2D eigenvalue weighted by Crippen LogP contribution is -2.21. The molecule has 0 aliphatic rings. The number of methoxy groups -OCH3 is 2. The van der Waals surface area contributed by atoms with Gasteiger partial charge in [-0.3, -0.25) is 4.79 Å². The average Bonchev–Trinajstić information content (AvgIpc) is 2.59. The smallest absolute Gasteiger partial charge is 0.419 e. The van der Waals surface area contributed by atoms with Crippen LogP contribution >= 0.6 is 0 Å². The first-order chi connectivity index (χ1) is 11.8. The number of anilines is 1. The number of para-hydroxylation sites is 1. The lowest BCUT2D eigenvalue weighted by atomic mass is 10.2. The van der Waals surface area contributed by atoms with Gasteiger partial charge in [-0.25, -0.2) is 0 Å². The van der Waals surface area contributed by atoms with E-state index in [0.29, 0.717) is 17.2 Å². The van der Waals surface area contributed by atoms with Crippen LogP contribution in [0.3, 0.4) is 0 Å². The maximum atomic E-state index is 12.9. The van der Waals surface area contributed by atoms with Crippen molar-refractivity contribution in [2.24, 2.45) is 0 Å². The monoisotopic (exact) mass is 355 g/mol. The van der Waals surface area contributed by atoms with E-state index in [4.69, 9.17) is 14.2 Å². The first kappa shape index (κ1) is 18.4. The minimum absolute atomic E-state index is 0.319. The molecule has 0 aromatic heterocycles. The van der Waals surface area contributed by atoms with E-state index in [9.17, 15) is 18.0 Å². The van der Waals surface area contributed by atoms with Crippen LogP contribution < -0.4 is 19.5 Å². The molecule has 0 spiro atoms. The molecule has 2 aromatic rings. The molecule has 5 nitrogen and oxygen atoms in total. The van der Waals surface area contributed by atoms with E-state index in [-0.39, 0.29) is 0 Å². The van der Waals surface area contributed by atoms with Crippen LogP contribution in [0, 0.1) is 0 Å². The molecule has 0 heterocycles. The summed E-state index contributed by atoms with van der Waals surface area (Å²) in [6.45, 7) is -0.590. The van der Waals surface area contributed by atoms with E-state index < -0.39 is 30.0 Å². The molecule has 0 aliphatic heterocycles. The Hall–Kier alpha value is -2.90. The Labute approximate surface area is 142 Å².